The second-order valence-corrected chi connectivity index (χ2v) is 10.6. The molecule has 8 nitrogen and oxygen atoms in total. The summed E-state index contributed by atoms with van der Waals surface area (Å²) in [6.45, 7) is 5.52. The molecule has 2 fully saturated rings. The van der Waals surface area contributed by atoms with Gasteiger partial charge in [0.1, 0.15) is 36.0 Å². The molecule has 1 aromatic carbocycles. The van der Waals surface area contributed by atoms with E-state index in [1.54, 1.807) is 23.5 Å². The average molecular weight is 503 g/mol. The predicted molar refractivity (Wildman–Crippen MR) is 131 cm³/mol. The Kier molecular flexibility index (Phi) is 7.63. The van der Waals surface area contributed by atoms with Gasteiger partial charge in [-0.15, -0.1) is 11.3 Å². The van der Waals surface area contributed by atoms with E-state index in [9.17, 15) is 18.8 Å². The molecule has 188 valence electrons. The van der Waals surface area contributed by atoms with E-state index in [0.29, 0.717) is 12.0 Å². The molecule has 0 unspecified atom stereocenters. The lowest BCUT2D eigenvalue weighted by atomic mass is 10.0. The first-order valence-corrected chi connectivity index (χ1v) is 12.6. The maximum absolute atomic E-state index is 14.4. The summed E-state index contributed by atoms with van der Waals surface area (Å²) in [7, 11) is 1.88. The number of nitrogens with one attached hydrogen (secondary N) is 2. The zero-order valence-electron chi connectivity index (χ0n) is 20.3. The number of carbonyl (C=O) groups is 3. The molecular formula is C25H31FN4O4S. The van der Waals surface area contributed by atoms with Gasteiger partial charge in [0.2, 0.25) is 5.91 Å². The molecule has 0 saturated carbocycles. The van der Waals surface area contributed by atoms with E-state index < -0.39 is 36.2 Å². The Morgan fingerprint density at radius 1 is 1.26 bits per heavy atom. The lowest BCUT2D eigenvalue weighted by Gasteiger charge is -2.28. The van der Waals surface area contributed by atoms with E-state index >= 15 is 0 Å². The molecule has 2 N–H and O–H groups in total. The number of ether oxygens (including phenoxy) is 1. The van der Waals surface area contributed by atoms with Crippen LogP contribution in [0.25, 0.3) is 10.4 Å². The number of benzene rings is 1. The molecule has 35 heavy (non-hydrogen) atoms. The van der Waals surface area contributed by atoms with Crippen molar-refractivity contribution >= 4 is 28.9 Å². The number of amides is 2. The van der Waals surface area contributed by atoms with Crippen LogP contribution >= 0.6 is 11.3 Å². The first-order valence-electron chi connectivity index (χ1n) is 11.8. The SMILES string of the molecule is CN[C@@H](C)c1ncc(-c2ccc(C(=O)N[C@@H](CC(C)C)C(=O)N3C[C@H](F)[C@H]4OCC(=O)[C@H]43)cc2)s1. The van der Waals surface area contributed by atoms with Gasteiger partial charge < -0.3 is 20.3 Å². The molecule has 2 aliphatic heterocycles. The zero-order valence-corrected chi connectivity index (χ0v) is 21.1. The summed E-state index contributed by atoms with van der Waals surface area (Å²) in [5, 5.41) is 6.96. The summed E-state index contributed by atoms with van der Waals surface area (Å²) >= 11 is 1.58. The Labute approximate surface area is 208 Å². The Morgan fingerprint density at radius 2 is 1.97 bits per heavy atom. The van der Waals surface area contributed by atoms with Crippen molar-refractivity contribution in [3.8, 4) is 10.4 Å². The van der Waals surface area contributed by atoms with Crippen molar-refractivity contribution in [2.24, 2.45) is 5.92 Å². The van der Waals surface area contributed by atoms with Crippen LogP contribution in [0.4, 0.5) is 4.39 Å². The number of carbonyl (C=O) groups excluding carboxylic acids is 3. The van der Waals surface area contributed by atoms with Gasteiger partial charge in [0.25, 0.3) is 5.91 Å². The number of ketones is 1. The number of Topliss-reactive ketones (excluding diaryl/α,β-unsaturated/α-hetero) is 1. The highest BCUT2D eigenvalue weighted by Gasteiger charge is 2.53. The third-order valence-electron chi connectivity index (χ3n) is 6.47. The third-order valence-corrected chi connectivity index (χ3v) is 7.70. The Hall–Kier alpha value is -2.69. The van der Waals surface area contributed by atoms with Gasteiger partial charge in [-0.25, -0.2) is 9.37 Å². The van der Waals surface area contributed by atoms with Crippen molar-refractivity contribution in [3.05, 3.63) is 41.0 Å². The topological polar surface area (TPSA) is 101 Å². The third kappa shape index (κ3) is 5.29. The van der Waals surface area contributed by atoms with Crippen molar-refractivity contribution < 1.29 is 23.5 Å². The minimum Gasteiger partial charge on any atom is -0.365 e. The fourth-order valence-corrected chi connectivity index (χ4v) is 5.47. The van der Waals surface area contributed by atoms with E-state index in [0.717, 1.165) is 15.4 Å². The van der Waals surface area contributed by atoms with Crippen LogP contribution in [0.5, 0.6) is 0 Å². The molecule has 0 radical (unpaired) electrons. The smallest absolute Gasteiger partial charge is 0.251 e. The van der Waals surface area contributed by atoms with Gasteiger partial charge in [-0.1, -0.05) is 26.0 Å². The fourth-order valence-electron chi connectivity index (χ4n) is 4.49. The molecule has 2 aliphatic rings. The molecule has 0 aliphatic carbocycles. The number of nitrogens with zero attached hydrogens (tertiary/aromatic N) is 2. The first kappa shape index (κ1) is 25.4. The number of hydrogen-bond donors (Lipinski definition) is 2. The molecule has 0 bridgehead atoms. The number of fused-ring (bicyclic) bond motifs is 1. The highest BCUT2D eigenvalue weighted by molar-refractivity contribution is 7.15. The van der Waals surface area contributed by atoms with Gasteiger partial charge in [0.15, 0.2) is 5.78 Å². The number of hydrogen-bond acceptors (Lipinski definition) is 7. The fraction of sp³-hybridized carbons (Fsp3) is 0.520. The van der Waals surface area contributed by atoms with Crippen molar-refractivity contribution in [3.63, 3.8) is 0 Å². The van der Waals surface area contributed by atoms with Crippen LogP contribution in [0.1, 0.15) is 48.6 Å². The molecule has 0 spiro atoms. The highest BCUT2D eigenvalue weighted by atomic mass is 32.1. The molecule has 4 rings (SSSR count). The van der Waals surface area contributed by atoms with Gasteiger partial charge in [-0.3, -0.25) is 14.4 Å². The van der Waals surface area contributed by atoms with Gasteiger partial charge >= 0.3 is 0 Å². The second kappa shape index (κ2) is 10.5. The van der Waals surface area contributed by atoms with E-state index in [-0.39, 0.29) is 30.9 Å². The summed E-state index contributed by atoms with van der Waals surface area (Å²) < 4.78 is 19.6. The summed E-state index contributed by atoms with van der Waals surface area (Å²) in [6, 6.07) is 5.48. The number of rotatable bonds is 8. The monoisotopic (exact) mass is 502 g/mol. The average Bonchev–Trinajstić information content (AvgIpc) is 3.55. The maximum atomic E-state index is 14.4. The minimum absolute atomic E-state index is 0.0993. The Balaban J connectivity index is 1.47. The number of alkyl halides is 1. The van der Waals surface area contributed by atoms with Crippen LogP contribution in [-0.4, -0.2) is 72.0 Å². The number of aromatic nitrogens is 1. The van der Waals surface area contributed by atoms with Gasteiger partial charge in [-0.05, 0) is 44.0 Å². The van der Waals surface area contributed by atoms with Crippen molar-refractivity contribution in [2.75, 3.05) is 20.2 Å². The molecule has 2 saturated heterocycles. The van der Waals surface area contributed by atoms with Crippen LogP contribution < -0.4 is 10.6 Å². The largest absolute Gasteiger partial charge is 0.365 e. The highest BCUT2D eigenvalue weighted by Crippen LogP contribution is 2.31. The minimum atomic E-state index is -1.42. The molecule has 5 atom stereocenters. The normalized spacial score (nSPS) is 23.4. The van der Waals surface area contributed by atoms with Crippen LogP contribution in [0.2, 0.25) is 0 Å². The van der Waals surface area contributed by atoms with E-state index in [1.165, 1.54) is 4.90 Å². The standard InChI is InChI=1S/C25H31FN4O4S/c1-13(2)9-18(25(33)30-11-17(26)22-21(30)19(31)12-34-22)29-23(32)16-7-5-15(6-8-16)20-10-28-24(35-20)14(3)27-4/h5-8,10,13-14,17-18,21-22,27H,9,11-12H2,1-4H3,(H,29,32)/t14-,17-,18-,21+,22+/m0/s1. The molecule has 2 aromatic rings. The van der Waals surface area contributed by atoms with E-state index in [4.69, 9.17) is 4.74 Å². The summed E-state index contributed by atoms with van der Waals surface area (Å²) in [6.07, 6.45) is -0.148. The van der Waals surface area contributed by atoms with Crippen LogP contribution in [0.3, 0.4) is 0 Å². The predicted octanol–water partition coefficient (Wildman–Crippen LogP) is 2.75. The zero-order chi connectivity index (χ0) is 25.3. The van der Waals surface area contributed by atoms with E-state index in [2.05, 4.69) is 15.6 Å². The van der Waals surface area contributed by atoms with Crippen molar-refractivity contribution in [2.45, 2.75) is 57.6 Å². The number of thiazole rings is 1. The Morgan fingerprint density at radius 3 is 2.63 bits per heavy atom. The van der Waals surface area contributed by atoms with Crippen LogP contribution in [0.15, 0.2) is 30.5 Å². The maximum Gasteiger partial charge on any atom is 0.251 e. The summed E-state index contributed by atoms with van der Waals surface area (Å²) in [5.74, 6) is -1.05. The summed E-state index contributed by atoms with van der Waals surface area (Å²) in [5.41, 5.74) is 1.35. The molecule has 1 aromatic heterocycles. The summed E-state index contributed by atoms with van der Waals surface area (Å²) in [4.78, 5) is 45.3. The van der Waals surface area contributed by atoms with Crippen molar-refractivity contribution in [1.82, 2.24) is 20.5 Å². The Bertz CT molecular complexity index is 1090. The van der Waals surface area contributed by atoms with Crippen LogP contribution in [0, 0.1) is 5.92 Å². The first-order chi connectivity index (χ1) is 16.7. The van der Waals surface area contributed by atoms with E-state index in [1.807, 2.05) is 46.1 Å². The van der Waals surface area contributed by atoms with Crippen molar-refractivity contribution in [1.29, 1.82) is 0 Å². The van der Waals surface area contributed by atoms with Gasteiger partial charge in [-0.2, -0.15) is 0 Å². The number of likely N-dealkylation sites (tertiary alicyclic amines) is 1. The second-order valence-electron chi connectivity index (χ2n) is 9.50. The molecular weight excluding hydrogens is 471 g/mol. The lowest BCUT2D eigenvalue weighted by Crippen LogP contribution is -2.52. The van der Waals surface area contributed by atoms with Gasteiger partial charge in [0.05, 0.1) is 17.5 Å². The molecule has 10 heteroatoms. The molecule has 2 amide bonds. The molecule has 3 heterocycles. The van der Waals surface area contributed by atoms with Crippen LogP contribution in [-0.2, 0) is 14.3 Å². The lowest BCUT2D eigenvalue weighted by molar-refractivity contribution is -0.138. The van der Waals surface area contributed by atoms with Gasteiger partial charge in [0, 0.05) is 11.8 Å². The quantitative estimate of drug-likeness (QED) is 0.576. The number of halogens is 1.